The molecule has 2 aromatic rings. The molecule has 0 aliphatic carbocycles. The van der Waals surface area contributed by atoms with Gasteiger partial charge in [0.2, 0.25) is 0 Å². The molecule has 0 N–H and O–H groups in total. The van der Waals surface area contributed by atoms with Gasteiger partial charge >= 0.3 is 0 Å². The Balaban J connectivity index is 2.20. The van der Waals surface area contributed by atoms with E-state index in [1.165, 1.54) is 11.3 Å². The molecule has 3 nitrogen and oxygen atoms in total. The Hall–Kier alpha value is -1.65. The third-order valence-corrected chi connectivity index (χ3v) is 3.15. The maximum absolute atomic E-state index is 10.8. The second-order valence-corrected chi connectivity index (χ2v) is 4.34. The first-order valence-electron chi connectivity index (χ1n) is 5.10. The molecule has 0 atom stereocenters. The maximum Gasteiger partial charge on any atom is 0.188 e. The molecule has 0 fully saturated rings. The van der Waals surface area contributed by atoms with Crippen molar-refractivity contribution in [1.82, 2.24) is 0 Å². The average Bonchev–Trinajstić information content (AvgIpc) is 2.85. The lowest BCUT2D eigenvalue weighted by atomic mass is 10.1. The number of rotatable bonds is 5. The summed E-state index contributed by atoms with van der Waals surface area (Å²) in [5.41, 5.74) is 1.97. The largest absolute Gasteiger partial charge is 0.468 e. The number of carbonyl (C=O) groups excluding carboxylic acids is 1. The van der Waals surface area contributed by atoms with Crippen LogP contribution in [0.1, 0.15) is 9.67 Å². The number of aldehydes is 1. The van der Waals surface area contributed by atoms with Crippen LogP contribution in [-0.2, 0) is 4.74 Å². The minimum absolute atomic E-state index is 0.234. The number of ether oxygens (including phenoxy) is 2. The number of hydrogen-bond donors (Lipinski definition) is 0. The average molecular weight is 248 g/mol. The Labute approximate surface area is 104 Å². The molecule has 0 unspecified atom stereocenters. The molecule has 0 bridgehead atoms. The van der Waals surface area contributed by atoms with Gasteiger partial charge in [0.15, 0.2) is 13.1 Å². The van der Waals surface area contributed by atoms with E-state index in [0.717, 1.165) is 28.0 Å². The van der Waals surface area contributed by atoms with Gasteiger partial charge in [0, 0.05) is 12.7 Å². The zero-order chi connectivity index (χ0) is 12.1. The molecule has 0 spiro atoms. The van der Waals surface area contributed by atoms with Crippen LogP contribution in [0.5, 0.6) is 5.75 Å². The van der Waals surface area contributed by atoms with Crippen LogP contribution in [0.15, 0.2) is 35.7 Å². The third-order valence-electron chi connectivity index (χ3n) is 2.31. The number of methoxy groups -OCH3 is 1. The smallest absolute Gasteiger partial charge is 0.188 e. The molecule has 2 rings (SSSR count). The standard InChI is InChI=1S/C13H12O3S/c1-15-9-16-11-4-2-10(3-5-11)12-6-7-17-13(12)8-14/h2-8H,9H2,1H3. The summed E-state index contributed by atoms with van der Waals surface area (Å²) in [6.07, 6.45) is 0.884. The molecule has 88 valence electrons. The van der Waals surface area contributed by atoms with Crippen LogP contribution in [0.3, 0.4) is 0 Å². The summed E-state index contributed by atoms with van der Waals surface area (Å²) in [4.78, 5) is 11.6. The van der Waals surface area contributed by atoms with Crippen molar-refractivity contribution in [3.05, 3.63) is 40.6 Å². The molecule has 1 aromatic carbocycles. The van der Waals surface area contributed by atoms with Gasteiger partial charge in [-0.1, -0.05) is 12.1 Å². The highest BCUT2D eigenvalue weighted by molar-refractivity contribution is 7.12. The molecule has 1 heterocycles. The first-order valence-corrected chi connectivity index (χ1v) is 5.98. The molecule has 0 aliphatic heterocycles. The predicted molar refractivity (Wildman–Crippen MR) is 67.6 cm³/mol. The fraction of sp³-hybridized carbons (Fsp3) is 0.154. The molecule has 0 saturated carbocycles. The van der Waals surface area contributed by atoms with Gasteiger partial charge in [0.25, 0.3) is 0 Å². The minimum atomic E-state index is 0.234. The Bertz CT molecular complexity index is 488. The molecule has 17 heavy (non-hydrogen) atoms. The van der Waals surface area contributed by atoms with Gasteiger partial charge in [-0.2, -0.15) is 0 Å². The highest BCUT2D eigenvalue weighted by atomic mass is 32.1. The topological polar surface area (TPSA) is 35.5 Å². The van der Waals surface area contributed by atoms with Crippen LogP contribution >= 0.6 is 11.3 Å². The summed E-state index contributed by atoms with van der Waals surface area (Å²) in [5.74, 6) is 0.749. The summed E-state index contributed by atoms with van der Waals surface area (Å²) < 4.78 is 10.1. The van der Waals surface area contributed by atoms with E-state index in [9.17, 15) is 4.79 Å². The van der Waals surface area contributed by atoms with Crippen molar-refractivity contribution in [2.45, 2.75) is 0 Å². The van der Waals surface area contributed by atoms with E-state index in [4.69, 9.17) is 9.47 Å². The van der Waals surface area contributed by atoms with Gasteiger partial charge in [-0.25, -0.2) is 0 Å². The Kier molecular flexibility index (Phi) is 3.90. The molecule has 4 heteroatoms. The van der Waals surface area contributed by atoms with Gasteiger partial charge in [0.05, 0.1) is 4.88 Å². The predicted octanol–water partition coefficient (Wildman–Crippen LogP) is 3.21. The second-order valence-electron chi connectivity index (χ2n) is 3.39. The number of benzene rings is 1. The lowest BCUT2D eigenvalue weighted by Gasteiger charge is -2.05. The second kappa shape index (κ2) is 5.61. The van der Waals surface area contributed by atoms with Gasteiger partial charge in [-0.15, -0.1) is 11.3 Å². The summed E-state index contributed by atoms with van der Waals surface area (Å²) >= 11 is 1.44. The molecular weight excluding hydrogens is 236 g/mol. The van der Waals surface area contributed by atoms with Crippen molar-refractivity contribution in [2.75, 3.05) is 13.9 Å². The lowest BCUT2D eigenvalue weighted by molar-refractivity contribution is 0.0511. The molecule has 0 radical (unpaired) electrons. The molecule has 0 saturated heterocycles. The van der Waals surface area contributed by atoms with Crippen LogP contribution in [0.4, 0.5) is 0 Å². The summed E-state index contributed by atoms with van der Waals surface area (Å²) in [5, 5.41) is 1.91. The number of thiophene rings is 1. The van der Waals surface area contributed by atoms with Crippen molar-refractivity contribution in [1.29, 1.82) is 0 Å². The van der Waals surface area contributed by atoms with Crippen LogP contribution in [0.2, 0.25) is 0 Å². The SMILES string of the molecule is COCOc1ccc(-c2ccsc2C=O)cc1. The van der Waals surface area contributed by atoms with Crippen molar-refractivity contribution < 1.29 is 14.3 Å². The van der Waals surface area contributed by atoms with E-state index in [1.807, 2.05) is 35.7 Å². The Morgan fingerprint density at radius 2 is 2.00 bits per heavy atom. The van der Waals surface area contributed by atoms with Crippen molar-refractivity contribution in [3.8, 4) is 16.9 Å². The van der Waals surface area contributed by atoms with E-state index in [1.54, 1.807) is 7.11 Å². The van der Waals surface area contributed by atoms with E-state index < -0.39 is 0 Å². The summed E-state index contributed by atoms with van der Waals surface area (Å²) in [6, 6.07) is 9.53. The first kappa shape index (κ1) is 11.8. The summed E-state index contributed by atoms with van der Waals surface area (Å²) in [6.45, 7) is 0.234. The monoisotopic (exact) mass is 248 g/mol. The highest BCUT2D eigenvalue weighted by Crippen LogP contribution is 2.28. The minimum Gasteiger partial charge on any atom is -0.468 e. The molecule has 0 amide bonds. The van der Waals surface area contributed by atoms with Crippen molar-refractivity contribution >= 4 is 17.6 Å². The molecule has 0 aliphatic rings. The summed E-state index contributed by atoms with van der Waals surface area (Å²) in [7, 11) is 1.58. The number of hydrogen-bond acceptors (Lipinski definition) is 4. The van der Waals surface area contributed by atoms with Crippen LogP contribution in [0.25, 0.3) is 11.1 Å². The van der Waals surface area contributed by atoms with Crippen LogP contribution in [-0.4, -0.2) is 20.2 Å². The highest BCUT2D eigenvalue weighted by Gasteiger charge is 2.05. The number of carbonyl (C=O) groups is 1. The van der Waals surface area contributed by atoms with Gasteiger partial charge < -0.3 is 9.47 Å². The Morgan fingerprint density at radius 1 is 1.24 bits per heavy atom. The Morgan fingerprint density at radius 3 is 2.65 bits per heavy atom. The third kappa shape index (κ3) is 2.72. The van der Waals surface area contributed by atoms with Crippen molar-refractivity contribution in [3.63, 3.8) is 0 Å². The molecule has 1 aromatic heterocycles. The maximum atomic E-state index is 10.8. The van der Waals surface area contributed by atoms with Gasteiger partial charge in [0.1, 0.15) is 5.75 Å². The fourth-order valence-electron chi connectivity index (χ4n) is 1.51. The molecular formula is C13H12O3S. The fourth-order valence-corrected chi connectivity index (χ4v) is 2.23. The van der Waals surface area contributed by atoms with Crippen LogP contribution in [0, 0.1) is 0 Å². The van der Waals surface area contributed by atoms with Gasteiger partial charge in [-0.3, -0.25) is 4.79 Å². The van der Waals surface area contributed by atoms with E-state index in [2.05, 4.69) is 0 Å². The van der Waals surface area contributed by atoms with Gasteiger partial charge in [-0.05, 0) is 29.1 Å². The van der Waals surface area contributed by atoms with E-state index in [0.29, 0.717) is 0 Å². The van der Waals surface area contributed by atoms with Crippen LogP contribution < -0.4 is 4.74 Å². The normalized spacial score (nSPS) is 10.2. The zero-order valence-electron chi connectivity index (χ0n) is 9.38. The zero-order valence-corrected chi connectivity index (χ0v) is 10.2. The van der Waals surface area contributed by atoms with E-state index in [-0.39, 0.29) is 6.79 Å². The van der Waals surface area contributed by atoms with Crippen molar-refractivity contribution in [2.24, 2.45) is 0 Å². The lowest BCUT2D eigenvalue weighted by Crippen LogP contribution is -1.98. The first-order chi connectivity index (χ1) is 8.35. The quantitative estimate of drug-likeness (QED) is 0.602. The van der Waals surface area contributed by atoms with E-state index >= 15 is 0 Å².